The van der Waals surface area contributed by atoms with Crippen LogP contribution in [-0.2, 0) is 14.8 Å². The van der Waals surface area contributed by atoms with Gasteiger partial charge in [-0.1, -0.05) is 0 Å². The maximum atomic E-state index is 14.0. The highest BCUT2D eigenvalue weighted by Gasteiger charge is 2.47. The molecule has 3 N–H and O–H groups in total. The lowest BCUT2D eigenvalue weighted by Crippen LogP contribution is -2.50. The van der Waals surface area contributed by atoms with Crippen molar-refractivity contribution in [3.63, 3.8) is 0 Å². The topological polar surface area (TPSA) is 113 Å². The van der Waals surface area contributed by atoms with Crippen LogP contribution in [0.25, 0.3) is 0 Å². The van der Waals surface area contributed by atoms with E-state index in [1.165, 1.54) is 0 Å². The summed E-state index contributed by atoms with van der Waals surface area (Å²) in [4.78, 5) is 21.8. The van der Waals surface area contributed by atoms with Gasteiger partial charge in [-0.3, -0.25) is 9.59 Å². The minimum atomic E-state index is -5.48. The molecule has 0 spiro atoms. The van der Waals surface area contributed by atoms with E-state index < -0.39 is 62.0 Å². The first-order valence-corrected chi connectivity index (χ1v) is 9.08. The average Bonchev–Trinajstić information content (AvgIpc) is 2.62. The third kappa shape index (κ3) is 5.27. The number of hydrogen-bond acceptors (Lipinski definition) is 4. The van der Waals surface area contributed by atoms with Crippen LogP contribution in [0.4, 0.5) is 32.0 Å². The molecular formula is C16H10F6N2O5S. The molecular weight excluding hydrogens is 446 g/mol. The normalized spacial score (nSPS) is 13.0. The van der Waals surface area contributed by atoms with E-state index in [9.17, 15) is 44.3 Å². The van der Waals surface area contributed by atoms with Crippen LogP contribution < -0.4 is 10.0 Å². The molecule has 2 aromatic rings. The predicted octanol–water partition coefficient (Wildman–Crippen LogP) is 2.65. The fourth-order valence-electron chi connectivity index (χ4n) is 2.10. The predicted molar refractivity (Wildman–Crippen MR) is 88.5 cm³/mol. The van der Waals surface area contributed by atoms with Crippen LogP contribution >= 0.6 is 0 Å². The van der Waals surface area contributed by atoms with E-state index in [1.54, 1.807) is 0 Å². The number of carbonyl (C=O) groups excluding carboxylic acids is 1. The molecule has 0 unspecified atom stereocenters. The number of rotatable bonds is 6. The van der Waals surface area contributed by atoms with E-state index in [4.69, 9.17) is 5.11 Å². The quantitative estimate of drug-likeness (QED) is 0.579. The fraction of sp³-hybridized carbons (Fsp3) is 0.125. The summed E-state index contributed by atoms with van der Waals surface area (Å²) in [6.45, 7) is 0. The van der Waals surface area contributed by atoms with E-state index in [1.807, 2.05) is 5.32 Å². The minimum absolute atomic E-state index is 0.326. The summed E-state index contributed by atoms with van der Waals surface area (Å²) in [5.41, 5.74) is -1.30. The highest BCUT2D eigenvalue weighted by atomic mass is 32.2. The Morgan fingerprint density at radius 2 is 1.53 bits per heavy atom. The number of aliphatic carboxylic acids is 1. The third-order valence-electron chi connectivity index (χ3n) is 3.52. The Labute approximate surface area is 164 Å². The number of alkyl halides is 3. The molecule has 0 aromatic heterocycles. The van der Waals surface area contributed by atoms with Gasteiger partial charge in [-0.15, -0.1) is 0 Å². The van der Waals surface area contributed by atoms with Gasteiger partial charge < -0.3 is 10.4 Å². The number of halogens is 6. The monoisotopic (exact) mass is 456 g/mol. The number of anilines is 1. The van der Waals surface area contributed by atoms with Crippen molar-refractivity contribution in [1.29, 1.82) is 0 Å². The number of nitrogens with one attached hydrogen (secondary N) is 2. The van der Waals surface area contributed by atoms with Gasteiger partial charge in [0.05, 0.1) is 10.5 Å². The van der Waals surface area contributed by atoms with E-state index in [-0.39, 0.29) is 5.69 Å². The Kier molecular flexibility index (Phi) is 6.42. The molecule has 0 fully saturated rings. The molecule has 0 saturated carbocycles. The van der Waals surface area contributed by atoms with Gasteiger partial charge in [0.2, 0.25) is 16.1 Å². The molecule has 0 aliphatic rings. The number of hydrogen-bond donors (Lipinski definition) is 3. The summed E-state index contributed by atoms with van der Waals surface area (Å²) >= 11 is 0. The standard InChI is InChI=1S/C16H10F6N2O5S/c17-10-4-2-8(30(28,29)24-13(15(26)27)16(20,21)22)6-9(10)14(25)23-7-1-3-11(18)12(19)5-7/h1-6,13,24H,(H,23,25)(H,26,27)/t13-/m1/s1. The van der Waals surface area contributed by atoms with E-state index in [0.29, 0.717) is 30.3 Å². The Morgan fingerprint density at radius 1 is 0.933 bits per heavy atom. The van der Waals surface area contributed by atoms with Crippen molar-refractivity contribution < 1.29 is 49.5 Å². The van der Waals surface area contributed by atoms with E-state index >= 15 is 0 Å². The van der Waals surface area contributed by atoms with Crippen LogP contribution in [0.5, 0.6) is 0 Å². The molecule has 0 heterocycles. The van der Waals surface area contributed by atoms with Gasteiger partial charge >= 0.3 is 12.1 Å². The Balaban J connectivity index is 2.36. The Morgan fingerprint density at radius 3 is 2.07 bits per heavy atom. The molecule has 1 amide bonds. The fourth-order valence-corrected chi connectivity index (χ4v) is 3.30. The maximum absolute atomic E-state index is 14.0. The zero-order valence-corrected chi connectivity index (χ0v) is 15.1. The van der Waals surface area contributed by atoms with Crippen LogP contribution in [0, 0.1) is 17.5 Å². The second-order valence-corrected chi connectivity index (χ2v) is 7.37. The molecule has 7 nitrogen and oxygen atoms in total. The summed E-state index contributed by atoms with van der Waals surface area (Å²) in [6.07, 6.45) is -5.48. The minimum Gasteiger partial charge on any atom is -0.480 e. The molecule has 0 bridgehead atoms. The second kappa shape index (κ2) is 8.31. The smallest absolute Gasteiger partial charge is 0.415 e. The molecule has 1 atom stereocenters. The van der Waals surface area contributed by atoms with Crippen molar-refractivity contribution in [3.05, 3.63) is 59.4 Å². The van der Waals surface area contributed by atoms with Crippen LogP contribution in [0.2, 0.25) is 0 Å². The van der Waals surface area contributed by atoms with Crippen molar-refractivity contribution >= 4 is 27.6 Å². The van der Waals surface area contributed by atoms with Crippen LogP contribution in [-0.4, -0.2) is 37.6 Å². The van der Waals surface area contributed by atoms with Crippen molar-refractivity contribution in [1.82, 2.24) is 4.72 Å². The molecule has 2 rings (SSSR count). The van der Waals surface area contributed by atoms with Crippen LogP contribution in [0.15, 0.2) is 41.3 Å². The van der Waals surface area contributed by atoms with Gasteiger partial charge in [-0.05, 0) is 30.3 Å². The second-order valence-electron chi connectivity index (χ2n) is 5.66. The summed E-state index contributed by atoms with van der Waals surface area (Å²) < 4.78 is 103. The number of carbonyl (C=O) groups is 2. The Bertz CT molecular complexity index is 1100. The number of sulfonamides is 1. The first kappa shape index (κ1) is 23.2. The van der Waals surface area contributed by atoms with Crippen molar-refractivity contribution in [3.8, 4) is 0 Å². The highest BCUT2D eigenvalue weighted by Crippen LogP contribution is 2.24. The number of benzene rings is 2. The number of carboxylic acids is 1. The molecule has 162 valence electrons. The van der Waals surface area contributed by atoms with Crippen LogP contribution in [0.3, 0.4) is 0 Å². The lowest BCUT2D eigenvalue weighted by molar-refractivity contribution is -0.177. The van der Waals surface area contributed by atoms with Gasteiger partial charge in [0.25, 0.3) is 5.91 Å². The van der Waals surface area contributed by atoms with E-state index in [2.05, 4.69) is 0 Å². The molecule has 0 aliphatic heterocycles. The lowest BCUT2D eigenvalue weighted by Gasteiger charge is -2.18. The van der Waals surface area contributed by atoms with Gasteiger partial charge in [-0.2, -0.15) is 17.9 Å². The Hall–Kier alpha value is -3.13. The zero-order valence-electron chi connectivity index (χ0n) is 14.3. The average molecular weight is 456 g/mol. The zero-order chi connectivity index (χ0) is 22.9. The summed E-state index contributed by atoms with van der Waals surface area (Å²) in [5.74, 6) is -7.75. The third-order valence-corrected chi connectivity index (χ3v) is 4.94. The van der Waals surface area contributed by atoms with Crippen molar-refractivity contribution in [2.45, 2.75) is 17.1 Å². The van der Waals surface area contributed by atoms with Crippen molar-refractivity contribution in [2.75, 3.05) is 5.32 Å². The van der Waals surface area contributed by atoms with Gasteiger partial charge in [-0.25, -0.2) is 21.6 Å². The molecule has 0 aliphatic carbocycles. The number of carboxylic acid groups (broad SMARTS) is 1. The van der Waals surface area contributed by atoms with E-state index in [0.717, 1.165) is 10.8 Å². The summed E-state index contributed by atoms with van der Waals surface area (Å²) in [7, 11) is -5.15. The lowest BCUT2D eigenvalue weighted by atomic mass is 10.2. The first-order chi connectivity index (χ1) is 13.7. The highest BCUT2D eigenvalue weighted by molar-refractivity contribution is 7.89. The van der Waals surface area contributed by atoms with Crippen molar-refractivity contribution in [2.24, 2.45) is 0 Å². The molecule has 30 heavy (non-hydrogen) atoms. The molecule has 0 saturated heterocycles. The maximum Gasteiger partial charge on any atom is 0.415 e. The summed E-state index contributed by atoms with van der Waals surface area (Å²) in [6, 6.07) is -0.0887. The van der Waals surface area contributed by atoms with Gasteiger partial charge in [0, 0.05) is 11.8 Å². The summed E-state index contributed by atoms with van der Waals surface area (Å²) in [5, 5.41) is 10.5. The van der Waals surface area contributed by atoms with Gasteiger partial charge in [0.15, 0.2) is 11.6 Å². The van der Waals surface area contributed by atoms with Crippen LogP contribution in [0.1, 0.15) is 10.4 Å². The molecule has 0 radical (unpaired) electrons. The van der Waals surface area contributed by atoms with Gasteiger partial charge in [0.1, 0.15) is 5.82 Å². The largest absolute Gasteiger partial charge is 0.480 e. The molecule has 2 aromatic carbocycles. The SMILES string of the molecule is O=C(Nc1ccc(F)c(F)c1)c1cc(S(=O)(=O)N[C@H](C(=O)O)C(F)(F)F)ccc1F. The number of amides is 1. The molecule has 14 heteroatoms. The first-order valence-electron chi connectivity index (χ1n) is 7.60.